The van der Waals surface area contributed by atoms with E-state index in [-0.39, 0.29) is 5.75 Å². The van der Waals surface area contributed by atoms with Crippen molar-refractivity contribution in [2.24, 2.45) is 0 Å². The topological polar surface area (TPSA) is 34.6 Å². The van der Waals surface area contributed by atoms with Crippen molar-refractivity contribution in [3.05, 3.63) is 65.9 Å². The molecule has 3 rings (SSSR count). The Balaban J connectivity index is 1.75. The van der Waals surface area contributed by atoms with Crippen molar-refractivity contribution in [3.8, 4) is 11.5 Å². The first-order valence-electron chi connectivity index (χ1n) is 8.78. The maximum absolute atomic E-state index is 12.5. The number of aromatic nitrogens is 1. The van der Waals surface area contributed by atoms with Crippen LogP contribution >= 0.6 is 0 Å². The molecule has 1 aromatic heterocycles. The van der Waals surface area contributed by atoms with Crippen LogP contribution in [0.3, 0.4) is 0 Å². The van der Waals surface area contributed by atoms with Crippen molar-refractivity contribution >= 4 is 10.9 Å². The summed E-state index contributed by atoms with van der Waals surface area (Å²) < 4.78 is 35.0. The molecule has 0 atom stereocenters. The van der Waals surface area contributed by atoms with Crippen LogP contribution in [0.25, 0.3) is 10.9 Å². The van der Waals surface area contributed by atoms with Gasteiger partial charge in [0.05, 0.1) is 12.1 Å². The number of hydrogen-bond donors (Lipinski definition) is 0. The van der Waals surface area contributed by atoms with Crippen molar-refractivity contribution in [3.63, 3.8) is 0 Å². The van der Waals surface area contributed by atoms with Crippen LogP contribution < -0.4 is 9.47 Å². The quantitative estimate of drug-likeness (QED) is 0.565. The summed E-state index contributed by atoms with van der Waals surface area (Å²) in [6.07, 6.45) is 1.79. The van der Waals surface area contributed by atoms with Crippen molar-refractivity contribution in [2.75, 3.05) is 13.7 Å². The van der Waals surface area contributed by atoms with E-state index in [1.54, 1.807) is 25.3 Å². The highest BCUT2D eigenvalue weighted by Gasteiger charge is 2.13. The van der Waals surface area contributed by atoms with Gasteiger partial charge >= 0.3 is 6.61 Å². The van der Waals surface area contributed by atoms with Gasteiger partial charge in [-0.2, -0.15) is 8.78 Å². The largest absolute Gasteiger partial charge is 0.490 e. The predicted octanol–water partition coefficient (Wildman–Crippen LogP) is 4.87. The molecule has 0 unspecified atom stereocenters. The maximum Gasteiger partial charge on any atom is 0.387 e. The number of ether oxygens (including phenoxy) is 2. The minimum absolute atomic E-state index is 0.0523. The molecule has 1 heterocycles. The first kappa shape index (κ1) is 19.0. The average molecular weight is 372 g/mol. The summed E-state index contributed by atoms with van der Waals surface area (Å²) in [6, 6.07) is 15.2. The van der Waals surface area contributed by atoms with Gasteiger partial charge in [0.15, 0.2) is 11.5 Å². The third-order valence-corrected chi connectivity index (χ3v) is 4.13. The SMILES string of the molecule is CCOc1cc(CN(C)Cc2cccc3cccnc23)ccc1OC(F)F. The summed E-state index contributed by atoms with van der Waals surface area (Å²) in [5, 5.41) is 1.11. The summed E-state index contributed by atoms with van der Waals surface area (Å²) in [6.45, 7) is 0.654. The van der Waals surface area contributed by atoms with Crippen LogP contribution in [0.2, 0.25) is 0 Å². The molecule has 27 heavy (non-hydrogen) atoms. The van der Waals surface area contributed by atoms with Crippen LogP contribution in [-0.2, 0) is 13.1 Å². The lowest BCUT2D eigenvalue weighted by Crippen LogP contribution is -2.17. The molecule has 0 aliphatic heterocycles. The van der Waals surface area contributed by atoms with E-state index in [4.69, 9.17) is 4.74 Å². The highest BCUT2D eigenvalue weighted by atomic mass is 19.3. The van der Waals surface area contributed by atoms with E-state index >= 15 is 0 Å². The van der Waals surface area contributed by atoms with Crippen LogP contribution in [0.4, 0.5) is 8.78 Å². The van der Waals surface area contributed by atoms with Crippen LogP contribution in [0.5, 0.6) is 11.5 Å². The van der Waals surface area contributed by atoms with Crippen LogP contribution in [-0.4, -0.2) is 30.1 Å². The van der Waals surface area contributed by atoms with Crippen molar-refractivity contribution in [1.29, 1.82) is 0 Å². The van der Waals surface area contributed by atoms with Gasteiger partial charge in [0, 0.05) is 24.7 Å². The Bertz CT molecular complexity index is 897. The maximum atomic E-state index is 12.5. The predicted molar refractivity (Wildman–Crippen MR) is 101 cm³/mol. The van der Waals surface area contributed by atoms with Gasteiger partial charge in [-0.25, -0.2) is 0 Å². The van der Waals surface area contributed by atoms with E-state index in [2.05, 4.69) is 20.7 Å². The second kappa shape index (κ2) is 8.77. The molecular formula is C21H22F2N2O2. The molecule has 4 nitrogen and oxygen atoms in total. The van der Waals surface area contributed by atoms with E-state index in [9.17, 15) is 8.78 Å². The molecular weight excluding hydrogens is 350 g/mol. The molecule has 3 aromatic rings. The molecule has 0 N–H and O–H groups in total. The number of fused-ring (bicyclic) bond motifs is 1. The lowest BCUT2D eigenvalue weighted by Gasteiger charge is -2.19. The van der Waals surface area contributed by atoms with Gasteiger partial charge < -0.3 is 9.47 Å². The first-order chi connectivity index (χ1) is 13.1. The number of rotatable bonds is 8. The van der Waals surface area contributed by atoms with Gasteiger partial charge in [-0.3, -0.25) is 9.88 Å². The van der Waals surface area contributed by atoms with Gasteiger partial charge in [-0.15, -0.1) is 0 Å². The fraction of sp³-hybridized carbons (Fsp3) is 0.286. The summed E-state index contributed by atoms with van der Waals surface area (Å²) in [5.74, 6) is 0.382. The van der Waals surface area contributed by atoms with Gasteiger partial charge in [0.25, 0.3) is 0 Å². The van der Waals surface area contributed by atoms with Crippen LogP contribution in [0, 0.1) is 0 Å². The fourth-order valence-corrected chi connectivity index (χ4v) is 3.07. The Labute approximate surface area is 157 Å². The lowest BCUT2D eigenvalue weighted by atomic mass is 10.1. The van der Waals surface area contributed by atoms with E-state index in [1.807, 2.05) is 31.3 Å². The molecule has 0 aliphatic rings. The van der Waals surface area contributed by atoms with E-state index < -0.39 is 6.61 Å². The van der Waals surface area contributed by atoms with Crippen molar-refractivity contribution in [2.45, 2.75) is 26.6 Å². The summed E-state index contributed by atoms with van der Waals surface area (Å²) in [5.41, 5.74) is 3.08. The molecule has 0 radical (unpaired) electrons. The van der Waals surface area contributed by atoms with E-state index in [0.29, 0.717) is 25.4 Å². The normalized spacial score (nSPS) is 11.3. The summed E-state index contributed by atoms with van der Waals surface area (Å²) in [4.78, 5) is 6.63. The Morgan fingerprint density at radius 1 is 1.04 bits per heavy atom. The van der Waals surface area contributed by atoms with E-state index in [1.165, 1.54) is 6.07 Å². The second-order valence-electron chi connectivity index (χ2n) is 6.26. The van der Waals surface area contributed by atoms with Gasteiger partial charge in [0.2, 0.25) is 0 Å². The minimum Gasteiger partial charge on any atom is -0.490 e. The third kappa shape index (κ3) is 4.92. The molecule has 0 amide bonds. The van der Waals surface area contributed by atoms with Crippen molar-refractivity contribution < 1.29 is 18.3 Å². The zero-order chi connectivity index (χ0) is 19.2. The summed E-state index contributed by atoms with van der Waals surface area (Å²) in [7, 11) is 2.01. The number of benzene rings is 2. The number of halogens is 2. The Hall–Kier alpha value is -2.73. The number of hydrogen-bond acceptors (Lipinski definition) is 4. The number of alkyl halides is 2. The molecule has 6 heteroatoms. The van der Waals surface area contributed by atoms with Gasteiger partial charge in [0.1, 0.15) is 0 Å². The average Bonchev–Trinajstić information content (AvgIpc) is 2.64. The number of nitrogens with zero attached hydrogens (tertiary/aromatic N) is 2. The lowest BCUT2D eigenvalue weighted by molar-refractivity contribution is -0.0514. The zero-order valence-electron chi connectivity index (χ0n) is 15.4. The Morgan fingerprint density at radius 2 is 1.85 bits per heavy atom. The van der Waals surface area contributed by atoms with Crippen LogP contribution in [0.15, 0.2) is 54.7 Å². The standard InChI is InChI=1S/C21H22F2N2O2/c1-3-26-19-12-15(9-10-18(19)27-21(22)23)13-25(2)14-17-7-4-6-16-8-5-11-24-20(16)17/h4-12,21H,3,13-14H2,1-2H3. The molecule has 0 saturated carbocycles. The fourth-order valence-electron chi connectivity index (χ4n) is 3.07. The first-order valence-corrected chi connectivity index (χ1v) is 8.78. The minimum atomic E-state index is -2.88. The van der Waals surface area contributed by atoms with Crippen molar-refractivity contribution in [1.82, 2.24) is 9.88 Å². The molecule has 0 spiro atoms. The molecule has 142 valence electrons. The molecule has 0 bridgehead atoms. The summed E-state index contributed by atoms with van der Waals surface area (Å²) >= 11 is 0. The molecule has 2 aromatic carbocycles. The third-order valence-electron chi connectivity index (χ3n) is 4.13. The van der Waals surface area contributed by atoms with E-state index in [0.717, 1.165) is 22.0 Å². The highest BCUT2D eigenvalue weighted by Crippen LogP contribution is 2.30. The van der Waals surface area contributed by atoms with Gasteiger partial charge in [-0.1, -0.05) is 30.3 Å². The monoisotopic (exact) mass is 372 g/mol. The zero-order valence-corrected chi connectivity index (χ0v) is 15.4. The Morgan fingerprint density at radius 3 is 2.63 bits per heavy atom. The highest BCUT2D eigenvalue weighted by molar-refractivity contribution is 5.81. The molecule has 0 saturated heterocycles. The molecule has 0 aliphatic carbocycles. The molecule has 0 fully saturated rings. The second-order valence-corrected chi connectivity index (χ2v) is 6.26. The number of para-hydroxylation sites is 1. The smallest absolute Gasteiger partial charge is 0.387 e. The van der Waals surface area contributed by atoms with Crippen LogP contribution in [0.1, 0.15) is 18.1 Å². The number of pyridine rings is 1. The van der Waals surface area contributed by atoms with Gasteiger partial charge in [-0.05, 0) is 43.3 Å². The Kier molecular flexibility index (Phi) is 6.19.